The van der Waals surface area contributed by atoms with Crippen molar-refractivity contribution < 1.29 is 17.6 Å². The largest absolute Gasteiger partial charge is 0.314 e. The Labute approximate surface area is 113 Å². The quantitative estimate of drug-likeness (QED) is 0.681. The average molecular weight is 297 g/mol. The minimum atomic E-state index is -2.84. The molecule has 1 aliphatic heterocycles. The smallest absolute Gasteiger partial charge is 0.258 e. The first-order valence-electron chi connectivity index (χ1n) is 5.88. The fourth-order valence-corrected chi connectivity index (χ4v) is 2.51. The molecule has 0 spiro atoms. The maximum absolute atomic E-state index is 13.8. The van der Waals surface area contributed by atoms with Crippen molar-refractivity contribution in [3.05, 3.63) is 34.4 Å². The van der Waals surface area contributed by atoms with Gasteiger partial charge in [0.25, 0.3) is 6.43 Å². The van der Waals surface area contributed by atoms with E-state index in [0.29, 0.717) is 26.2 Å². The second-order valence-corrected chi connectivity index (χ2v) is 4.70. The van der Waals surface area contributed by atoms with E-state index in [-0.39, 0.29) is 0 Å². The Morgan fingerprint density at radius 3 is 2.26 bits per heavy atom. The Morgan fingerprint density at radius 2 is 1.68 bits per heavy atom. The monoisotopic (exact) mass is 296 g/mol. The third-order valence-corrected chi connectivity index (χ3v) is 3.54. The number of benzene rings is 1. The van der Waals surface area contributed by atoms with Crippen molar-refractivity contribution in [2.75, 3.05) is 26.2 Å². The van der Waals surface area contributed by atoms with E-state index in [1.54, 1.807) is 0 Å². The van der Waals surface area contributed by atoms with E-state index in [9.17, 15) is 17.6 Å². The molecule has 1 aromatic rings. The maximum atomic E-state index is 13.8. The van der Waals surface area contributed by atoms with Crippen molar-refractivity contribution >= 4 is 11.6 Å². The van der Waals surface area contributed by atoms with E-state index < -0.39 is 34.7 Å². The van der Waals surface area contributed by atoms with Crippen molar-refractivity contribution in [3.63, 3.8) is 0 Å². The van der Waals surface area contributed by atoms with Gasteiger partial charge < -0.3 is 5.32 Å². The number of hydrogen-bond donors (Lipinski definition) is 1. The number of rotatable bonds is 3. The van der Waals surface area contributed by atoms with E-state index in [1.165, 1.54) is 4.90 Å². The first-order valence-corrected chi connectivity index (χ1v) is 6.26. The molecule has 7 heteroatoms. The van der Waals surface area contributed by atoms with E-state index in [1.807, 2.05) is 0 Å². The van der Waals surface area contributed by atoms with Crippen molar-refractivity contribution in [1.29, 1.82) is 0 Å². The molecular formula is C12H13ClF4N2. The Hall–Kier alpha value is -0.850. The van der Waals surface area contributed by atoms with Crippen LogP contribution in [0, 0.1) is 11.6 Å². The molecule has 1 heterocycles. The highest BCUT2D eigenvalue weighted by molar-refractivity contribution is 6.31. The Kier molecular flexibility index (Phi) is 4.65. The number of piperazine rings is 1. The molecule has 0 aromatic heterocycles. The lowest BCUT2D eigenvalue weighted by Gasteiger charge is -2.35. The van der Waals surface area contributed by atoms with Crippen LogP contribution in [0.15, 0.2) is 12.1 Å². The molecule has 0 aliphatic carbocycles. The summed E-state index contributed by atoms with van der Waals surface area (Å²) in [4.78, 5) is 1.42. The Balaban J connectivity index is 2.41. The SMILES string of the molecule is Fc1ccc(F)c([C@H](C(F)F)N2CCNCC2)c1Cl. The molecule has 2 rings (SSSR count). The topological polar surface area (TPSA) is 15.3 Å². The molecule has 1 atom stereocenters. The van der Waals surface area contributed by atoms with Crippen molar-refractivity contribution in [3.8, 4) is 0 Å². The van der Waals surface area contributed by atoms with Crippen LogP contribution < -0.4 is 5.32 Å². The summed E-state index contributed by atoms with van der Waals surface area (Å²) in [6.07, 6.45) is -2.84. The van der Waals surface area contributed by atoms with Gasteiger partial charge in [-0.25, -0.2) is 17.6 Å². The maximum Gasteiger partial charge on any atom is 0.258 e. The number of hydrogen-bond acceptors (Lipinski definition) is 2. The van der Waals surface area contributed by atoms with Gasteiger partial charge in [0, 0.05) is 31.7 Å². The minimum absolute atomic E-state index is 0.335. The fourth-order valence-electron chi connectivity index (χ4n) is 2.24. The Morgan fingerprint density at radius 1 is 1.11 bits per heavy atom. The van der Waals surface area contributed by atoms with Gasteiger partial charge in [-0.05, 0) is 12.1 Å². The summed E-state index contributed by atoms with van der Waals surface area (Å²) >= 11 is 5.67. The van der Waals surface area contributed by atoms with Gasteiger partial charge in [0.05, 0.1) is 5.02 Å². The lowest BCUT2D eigenvalue weighted by Crippen LogP contribution is -2.47. The summed E-state index contributed by atoms with van der Waals surface area (Å²) in [5.41, 5.74) is -0.460. The molecule has 0 amide bonds. The van der Waals surface area contributed by atoms with Crippen LogP contribution >= 0.6 is 11.6 Å². The van der Waals surface area contributed by atoms with Crippen LogP contribution in [0.2, 0.25) is 5.02 Å². The molecule has 2 nitrogen and oxygen atoms in total. The van der Waals surface area contributed by atoms with Crippen molar-refractivity contribution in [1.82, 2.24) is 10.2 Å². The van der Waals surface area contributed by atoms with E-state index in [2.05, 4.69) is 5.32 Å². The zero-order valence-corrected chi connectivity index (χ0v) is 10.7. The predicted octanol–water partition coefficient (Wildman–Crippen LogP) is 2.83. The van der Waals surface area contributed by atoms with Gasteiger partial charge in [0.1, 0.15) is 17.7 Å². The molecule has 1 aliphatic rings. The zero-order chi connectivity index (χ0) is 14.0. The van der Waals surface area contributed by atoms with Crippen LogP contribution in [0.5, 0.6) is 0 Å². The van der Waals surface area contributed by atoms with Gasteiger partial charge in [-0.2, -0.15) is 0 Å². The highest BCUT2D eigenvalue weighted by Gasteiger charge is 2.34. The van der Waals surface area contributed by atoms with Crippen LogP contribution in [-0.2, 0) is 0 Å². The van der Waals surface area contributed by atoms with Crippen LogP contribution in [-0.4, -0.2) is 37.5 Å². The Bertz CT molecular complexity index is 450. The minimum Gasteiger partial charge on any atom is -0.314 e. The summed E-state index contributed by atoms with van der Waals surface area (Å²) < 4.78 is 53.6. The highest BCUT2D eigenvalue weighted by Crippen LogP contribution is 2.35. The van der Waals surface area contributed by atoms with Gasteiger partial charge in [-0.1, -0.05) is 11.6 Å². The van der Waals surface area contributed by atoms with Crippen LogP contribution in [0.1, 0.15) is 11.6 Å². The van der Waals surface area contributed by atoms with Crippen LogP contribution in [0.4, 0.5) is 17.6 Å². The number of halogens is 5. The molecule has 106 valence electrons. The van der Waals surface area contributed by atoms with Gasteiger partial charge in [-0.15, -0.1) is 0 Å². The lowest BCUT2D eigenvalue weighted by molar-refractivity contribution is 0.0163. The second kappa shape index (κ2) is 6.07. The molecule has 1 fully saturated rings. The van der Waals surface area contributed by atoms with E-state index >= 15 is 0 Å². The summed E-state index contributed by atoms with van der Waals surface area (Å²) in [5.74, 6) is -1.80. The second-order valence-electron chi connectivity index (χ2n) is 4.32. The van der Waals surface area contributed by atoms with E-state index in [0.717, 1.165) is 12.1 Å². The average Bonchev–Trinajstić information content (AvgIpc) is 2.39. The third-order valence-electron chi connectivity index (χ3n) is 3.16. The highest BCUT2D eigenvalue weighted by atomic mass is 35.5. The predicted molar refractivity (Wildman–Crippen MR) is 64.6 cm³/mol. The zero-order valence-electron chi connectivity index (χ0n) is 9.97. The van der Waals surface area contributed by atoms with Crippen LogP contribution in [0.3, 0.4) is 0 Å². The van der Waals surface area contributed by atoms with E-state index in [4.69, 9.17) is 11.6 Å². The summed E-state index contributed by atoms with van der Waals surface area (Å²) in [5, 5.41) is 2.45. The molecule has 1 saturated heterocycles. The molecule has 0 radical (unpaired) electrons. The van der Waals surface area contributed by atoms with Gasteiger partial charge >= 0.3 is 0 Å². The van der Waals surface area contributed by atoms with Crippen LogP contribution in [0.25, 0.3) is 0 Å². The van der Waals surface area contributed by atoms with Crippen molar-refractivity contribution in [2.45, 2.75) is 12.5 Å². The summed E-state index contributed by atoms with van der Waals surface area (Å²) in [7, 11) is 0. The summed E-state index contributed by atoms with van der Waals surface area (Å²) in [6.45, 7) is 1.72. The normalized spacial score (nSPS) is 18.8. The molecule has 0 bridgehead atoms. The van der Waals surface area contributed by atoms with Gasteiger partial charge in [0.15, 0.2) is 0 Å². The lowest BCUT2D eigenvalue weighted by atomic mass is 10.0. The number of alkyl halides is 2. The first-order chi connectivity index (χ1) is 9.02. The van der Waals surface area contributed by atoms with Gasteiger partial charge in [0.2, 0.25) is 0 Å². The summed E-state index contributed by atoms with van der Waals surface area (Å²) in [6, 6.07) is 0.139. The first kappa shape index (κ1) is 14.6. The molecule has 1 N–H and O–H groups in total. The molecule has 1 aromatic carbocycles. The molecule has 0 saturated carbocycles. The number of nitrogens with zero attached hydrogens (tertiary/aromatic N) is 1. The molecular weight excluding hydrogens is 284 g/mol. The standard InChI is InChI=1S/C12H13ClF4N2/c13-10-8(15)2-1-7(14)9(10)11(12(16)17)19-5-3-18-4-6-19/h1-2,11-12,18H,3-6H2/t11-/m1/s1. The number of nitrogens with one attached hydrogen (secondary N) is 1. The molecule has 0 unspecified atom stereocenters. The third kappa shape index (κ3) is 3.01. The fraction of sp³-hybridized carbons (Fsp3) is 0.500. The van der Waals surface area contributed by atoms with Crippen molar-refractivity contribution in [2.24, 2.45) is 0 Å². The molecule has 19 heavy (non-hydrogen) atoms. The van der Waals surface area contributed by atoms with Gasteiger partial charge in [-0.3, -0.25) is 4.90 Å².